The molecule has 4 nitrogen and oxygen atoms in total. The minimum Gasteiger partial charge on any atom is -0.486 e. The number of carbonyl (C=O) groups is 1. The van der Waals surface area contributed by atoms with E-state index in [4.69, 9.17) is 9.47 Å². The van der Waals surface area contributed by atoms with Gasteiger partial charge in [-0.1, -0.05) is 15.9 Å². The molecule has 1 heterocycles. The van der Waals surface area contributed by atoms with E-state index in [1.807, 2.05) is 0 Å². The van der Waals surface area contributed by atoms with Gasteiger partial charge in [0.05, 0.1) is 5.69 Å². The molecule has 17 heavy (non-hydrogen) atoms. The summed E-state index contributed by atoms with van der Waals surface area (Å²) in [5.74, 6) is 1.31. The van der Waals surface area contributed by atoms with Crippen LogP contribution >= 0.6 is 31.9 Å². The van der Waals surface area contributed by atoms with Crippen molar-refractivity contribution in [3.63, 3.8) is 0 Å². The lowest BCUT2D eigenvalue weighted by molar-refractivity contribution is -0.115. The maximum absolute atomic E-state index is 11.5. The molecule has 2 rings (SSSR count). The van der Waals surface area contributed by atoms with Crippen LogP contribution in [0.4, 0.5) is 5.69 Å². The highest BCUT2D eigenvalue weighted by atomic mass is 79.9. The van der Waals surface area contributed by atoms with Crippen molar-refractivity contribution in [2.24, 2.45) is 0 Å². The zero-order valence-corrected chi connectivity index (χ0v) is 12.1. The van der Waals surface area contributed by atoms with Gasteiger partial charge < -0.3 is 14.8 Å². The molecule has 6 heteroatoms. The maximum Gasteiger partial charge on any atom is 0.225 e. The van der Waals surface area contributed by atoms with Crippen molar-refractivity contribution in [2.75, 3.05) is 23.9 Å². The van der Waals surface area contributed by atoms with Gasteiger partial charge in [-0.3, -0.25) is 4.79 Å². The number of nitrogens with one attached hydrogen (secondary N) is 1. The fraction of sp³-hybridized carbons (Fsp3) is 0.364. The molecule has 92 valence electrons. The minimum absolute atomic E-state index is 0.0424. The summed E-state index contributed by atoms with van der Waals surface area (Å²) in [6, 6.07) is 3.57. The topological polar surface area (TPSA) is 47.6 Å². The average molecular weight is 365 g/mol. The van der Waals surface area contributed by atoms with E-state index in [1.54, 1.807) is 12.1 Å². The summed E-state index contributed by atoms with van der Waals surface area (Å²) < 4.78 is 11.7. The van der Waals surface area contributed by atoms with E-state index < -0.39 is 0 Å². The second kappa shape index (κ2) is 5.73. The third-order valence-corrected chi connectivity index (χ3v) is 3.28. The maximum atomic E-state index is 11.5. The highest BCUT2D eigenvalue weighted by molar-refractivity contribution is 9.10. The Morgan fingerprint density at radius 2 is 1.94 bits per heavy atom. The molecule has 1 aromatic rings. The van der Waals surface area contributed by atoms with Crippen LogP contribution in [0.5, 0.6) is 11.5 Å². The molecule has 0 bridgehead atoms. The van der Waals surface area contributed by atoms with Crippen LogP contribution in [0.1, 0.15) is 6.42 Å². The highest BCUT2D eigenvalue weighted by Gasteiger charge is 2.15. The highest BCUT2D eigenvalue weighted by Crippen LogP contribution is 2.38. The summed E-state index contributed by atoms with van der Waals surface area (Å²) in [5.41, 5.74) is 0.695. The van der Waals surface area contributed by atoms with Gasteiger partial charge in [-0.05, 0) is 15.9 Å². The molecule has 0 saturated carbocycles. The summed E-state index contributed by atoms with van der Waals surface area (Å²) in [6.45, 7) is 1.08. The first-order chi connectivity index (χ1) is 8.20. The van der Waals surface area contributed by atoms with Gasteiger partial charge in [0.1, 0.15) is 13.2 Å². The van der Waals surface area contributed by atoms with Crippen molar-refractivity contribution < 1.29 is 14.3 Å². The number of fused-ring (bicyclic) bond motifs is 1. The van der Waals surface area contributed by atoms with Crippen LogP contribution < -0.4 is 14.8 Å². The molecular formula is C11H11Br2NO3. The first kappa shape index (κ1) is 12.7. The van der Waals surface area contributed by atoms with Crippen LogP contribution in [0, 0.1) is 0 Å². The van der Waals surface area contributed by atoms with Crippen molar-refractivity contribution >= 4 is 43.5 Å². The summed E-state index contributed by atoms with van der Waals surface area (Å²) in [7, 11) is 0. The van der Waals surface area contributed by atoms with E-state index in [1.165, 1.54) is 0 Å². The van der Waals surface area contributed by atoms with Crippen LogP contribution in [-0.2, 0) is 4.79 Å². The van der Waals surface area contributed by atoms with Gasteiger partial charge >= 0.3 is 0 Å². The molecule has 1 aromatic carbocycles. The third-order valence-electron chi connectivity index (χ3n) is 2.23. The van der Waals surface area contributed by atoms with Gasteiger partial charge in [-0.2, -0.15) is 0 Å². The van der Waals surface area contributed by atoms with Crippen molar-refractivity contribution in [1.29, 1.82) is 0 Å². The number of anilines is 1. The Balaban J connectivity index is 2.19. The van der Waals surface area contributed by atoms with Gasteiger partial charge in [0, 0.05) is 28.4 Å². The Kier molecular flexibility index (Phi) is 4.28. The Hall–Kier alpha value is -0.750. The molecule has 1 N–H and O–H groups in total. The van der Waals surface area contributed by atoms with E-state index in [0.29, 0.717) is 42.2 Å². The van der Waals surface area contributed by atoms with Gasteiger partial charge in [-0.15, -0.1) is 0 Å². The van der Waals surface area contributed by atoms with Crippen LogP contribution in [0.3, 0.4) is 0 Å². The molecular weight excluding hydrogens is 354 g/mol. The fourth-order valence-corrected chi connectivity index (χ4v) is 2.24. The van der Waals surface area contributed by atoms with Crippen molar-refractivity contribution in [3.05, 3.63) is 16.6 Å². The van der Waals surface area contributed by atoms with E-state index >= 15 is 0 Å². The summed E-state index contributed by atoms with van der Waals surface area (Å²) in [4.78, 5) is 11.5. The molecule has 0 aliphatic carbocycles. The smallest absolute Gasteiger partial charge is 0.225 e. The summed E-state index contributed by atoms with van der Waals surface area (Å²) >= 11 is 6.62. The quantitative estimate of drug-likeness (QED) is 0.839. The minimum atomic E-state index is -0.0424. The Bertz CT molecular complexity index is 437. The van der Waals surface area contributed by atoms with Crippen LogP contribution in [0.15, 0.2) is 16.6 Å². The number of hydrogen-bond donors (Lipinski definition) is 1. The standard InChI is InChI=1S/C11H11Br2NO3/c12-2-1-11(15)14-8-6-10-9(5-7(8)13)16-3-4-17-10/h5-6H,1-4H2,(H,14,15). The fourth-order valence-electron chi connectivity index (χ4n) is 1.46. The number of ether oxygens (including phenoxy) is 2. The Morgan fingerprint density at radius 3 is 2.59 bits per heavy atom. The summed E-state index contributed by atoms with van der Waals surface area (Å²) in [6.07, 6.45) is 0.431. The molecule has 0 atom stereocenters. The Morgan fingerprint density at radius 1 is 1.29 bits per heavy atom. The third kappa shape index (κ3) is 3.13. The Labute approximate surface area is 116 Å². The number of halogens is 2. The summed E-state index contributed by atoms with van der Waals surface area (Å²) in [5, 5.41) is 3.45. The van der Waals surface area contributed by atoms with E-state index in [0.717, 1.165) is 4.47 Å². The lowest BCUT2D eigenvalue weighted by Crippen LogP contribution is -2.17. The zero-order chi connectivity index (χ0) is 12.3. The average Bonchev–Trinajstić information content (AvgIpc) is 2.30. The normalized spacial score (nSPS) is 13.3. The van der Waals surface area contributed by atoms with Crippen LogP contribution in [0.2, 0.25) is 0 Å². The van der Waals surface area contributed by atoms with Crippen LogP contribution in [-0.4, -0.2) is 24.5 Å². The van der Waals surface area contributed by atoms with Crippen molar-refractivity contribution in [3.8, 4) is 11.5 Å². The van der Waals surface area contributed by atoms with Gasteiger partial charge in [0.2, 0.25) is 5.91 Å². The second-order valence-electron chi connectivity index (χ2n) is 3.46. The monoisotopic (exact) mass is 363 g/mol. The molecule has 1 amide bonds. The molecule has 0 spiro atoms. The van der Waals surface area contributed by atoms with Gasteiger partial charge in [0.15, 0.2) is 11.5 Å². The SMILES string of the molecule is O=C(CCBr)Nc1cc2c(cc1Br)OCCO2. The lowest BCUT2D eigenvalue weighted by Gasteiger charge is -2.20. The lowest BCUT2D eigenvalue weighted by atomic mass is 10.2. The molecule has 0 fully saturated rings. The number of amides is 1. The number of rotatable bonds is 3. The largest absolute Gasteiger partial charge is 0.486 e. The van der Waals surface area contributed by atoms with Gasteiger partial charge in [-0.25, -0.2) is 0 Å². The predicted octanol–water partition coefficient (Wildman–Crippen LogP) is 2.94. The number of benzene rings is 1. The number of alkyl halides is 1. The zero-order valence-electron chi connectivity index (χ0n) is 8.96. The second-order valence-corrected chi connectivity index (χ2v) is 5.11. The predicted molar refractivity (Wildman–Crippen MR) is 72.2 cm³/mol. The molecule has 0 aromatic heterocycles. The van der Waals surface area contributed by atoms with Crippen molar-refractivity contribution in [2.45, 2.75) is 6.42 Å². The van der Waals surface area contributed by atoms with Gasteiger partial charge in [0.25, 0.3) is 0 Å². The van der Waals surface area contributed by atoms with Crippen molar-refractivity contribution in [1.82, 2.24) is 0 Å². The van der Waals surface area contributed by atoms with E-state index in [-0.39, 0.29) is 5.91 Å². The molecule has 1 aliphatic rings. The molecule has 0 radical (unpaired) electrons. The van der Waals surface area contributed by atoms with E-state index in [9.17, 15) is 4.79 Å². The molecule has 0 unspecified atom stereocenters. The first-order valence-corrected chi connectivity index (χ1v) is 7.07. The van der Waals surface area contributed by atoms with Crippen LogP contribution in [0.25, 0.3) is 0 Å². The van der Waals surface area contributed by atoms with E-state index in [2.05, 4.69) is 37.2 Å². The number of hydrogen-bond acceptors (Lipinski definition) is 3. The number of carbonyl (C=O) groups excluding carboxylic acids is 1. The first-order valence-electron chi connectivity index (χ1n) is 5.15. The molecule has 1 aliphatic heterocycles. The molecule has 0 saturated heterocycles.